The molecule has 0 heterocycles. The van der Waals surface area contributed by atoms with Crippen LogP contribution in [0.25, 0.3) is 10.8 Å². The molecule has 0 amide bonds. The van der Waals surface area contributed by atoms with Gasteiger partial charge in [0.2, 0.25) is 0 Å². The van der Waals surface area contributed by atoms with Gasteiger partial charge in [0.25, 0.3) is 0 Å². The molecule has 2 aromatic rings. The number of hydrogen-bond acceptors (Lipinski definition) is 1. The van der Waals surface area contributed by atoms with Crippen LogP contribution in [-0.4, -0.2) is 38.3 Å². The molecule has 1 fully saturated rings. The summed E-state index contributed by atoms with van der Waals surface area (Å²) in [6.45, 7) is 0. The predicted octanol–water partition coefficient (Wildman–Crippen LogP) is 3.04. The number of benzene rings is 2. The van der Waals surface area contributed by atoms with Crippen molar-refractivity contribution in [2.24, 2.45) is 0 Å². The van der Waals surface area contributed by atoms with Crippen molar-refractivity contribution < 1.29 is 8.76 Å². The monoisotopic (exact) mass is 270 g/mol. The molecule has 1 unspecified atom stereocenters. The van der Waals surface area contributed by atoms with E-state index >= 15 is 0 Å². The predicted molar refractivity (Wildman–Crippen MR) is 76.7 cm³/mol. The molecule has 0 aliphatic heterocycles. The quantitative estimate of drug-likeness (QED) is 0.672. The summed E-state index contributed by atoms with van der Waals surface area (Å²) in [6, 6.07) is 11.7. The van der Waals surface area contributed by atoms with Gasteiger partial charge in [0, 0.05) is 5.39 Å². The molecule has 1 atom stereocenters. The Morgan fingerprint density at radius 2 is 1.72 bits per heavy atom. The third kappa shape index (κ3) is 2.43. The van der Waals surface area contributed by atoms with Gasteiger partial charge in [-0.1, -0.05) is 36.8 Å². The number of fused-ring (bicyclic) bond motifs is 1. The molecule has 0 aromatic heterocycles. The molecule has 1 aliphatic carbocycles. The second kappa shape index (κ2) is 5.85. The van der Waals surface area contributed by atoms with Crippen LogP contribution in [0, 0.1) is 0 Å². The van der Waals surface area contributed by atoms with Gasteiger partial charge >= 0.3 is 29.6 Å². The van der Waals surface area contributed by atoms with Crippen molar-refractivity contribution in [1.82, 2.24) is 0 Å². The number of hydrogen-bond donors (Lipinski definition) is 1. The van der Waals surface area contributed by atoms with Crippen LogP contribution in [0.3, 0.4) is 0 Å². The van der Waals surface area contributed by atoms with Gasteiger partial charge in [0.15, 0.2) is 11.1 Å². The maximum atomic E-state index is 11.3. The Morgan fingerprint density at radius 3 is 2.33 bits per heavy atom. The van der Waals surface area contributed by atoms with E-state index in [1.165, 1.54) is 24.8 Å². The van der Waals surface area contributed by atoms with Gasteiger partial charge in [0.1, 0.15) is 0 Å². The molecule has 18 heavy (non-hydrogen) atoms. The van der Waals surface area contributed by atoms with E-state index in [9.17, 15) is 8.76 Å². The average Bonchev–Trinajstić information content (AvgIpc) is 2.26. The molecular formula is C14H15NaO2S. The molecule has 0 spiro atoms. The summed E-state index contributed by atoms with van der Waals surface area (Å²) in [5, 5.41) is 2.05. The van der Waals surface area contributed by atoms with Gasteiger partial charge in [-0.25, -0.2) is 4.21 Å². The van der Waals surface area contributed by atoms with E-state index in [0.29, 0.717) is 10.8 Å². The van der Waals surface area contributed by atoms with Crippen molar-refractivity contribution in [2.75, 3.05) is 0 Å². The van der Waals surface area contributed by atoms with Gasteiger partial charge in [-0.05, 0) is 35.8 Å². The fourth-order valence-electron chi connectivity index (χ4n) is 2.53. The van der Waals surface area contributed by atoms with Gasteiger partial charge in [-0.2, -0.15) is 0 Å². The maximum absolute atomic E-state index is 11.3. The first kappa shape index (κ1) is 14.2. The summed E-state index contributed by atoms with van der Waals surface area (Å²) in [7, 11) is 0. The van der Waals surface area contributed by atoms with Crippen LogP contribution < -0.4 is 0 Å². The summed E-state index contributed by atoms with van der Waals surface area (Å²) < 4.78 is 20.6. The zero-order valence-electron chi connectivity index (χ0n) is 9.43. The Morgan fingerprint density at radius 1 is 1.06 bits per heavy atom. The zero-order chi connectivity index (χ0) is 11.8. The van der Waals surface area contributed by atoms with Crippen molar-refractivity contribution in [3.8, 4) is 0 Å². The molecule has 2 aromatic carbocycles. The van der Waals surface area contributed by atoms with Gasteiger partial charge in [-0.15, -0.1) is 0 Å². The molecular weight excluding hydrogens is 255 g/mol. The molecule has 3 rings (SSSR count). The molecule has 2 nitrogen and oxygen atoms in total. The molecule has 0 bridgehead atoms. The van der Waals surface area contributed by atoms with Crippen LogP contribution in [0.5, 0.6) is 0 Å². The van der Waals surface area contributed by atoms with Crippen LogP contribution in [0.1, 0.15) is 30.7 Å². The normalized spacial score (nSPS) is 16.9. The second-order valence-electron chi connectivity index (χ2n) is 4.58. The Hall–Kier alpha value is -0.190. The SMILES string of the molecule is O=S(O)c1cccc2c(C3CCC3)cccc12.[NaH]. The average molecular weight is 270 g/mol. The summed E-state index contributed by atoms with van der Waals surface area (Å²) >= 11 is -1.91. The van der Waals surface area contributed by atoms with E-state index in [2.05, 4.69) is 12.1 Å². The van der Waals surface area contributed by atoms with Gasteiger partial charge in [0.05, 0.1) is 4.90 Å². The summed E-state index contributed by atoms with van der Waals surface area (Å²) in [6.07, 6.45) is 3.78. The van der Waals surface area contributed by atoms with E-state index in [0.717, 1.165) is 10.8 Å². The van der Waals surface area contributed by atoms with Gasteiger partial charge in [-0.3, -0.25) is 0 Å². The molecule has 0 radical (unpaired) electrons. The van der Waals surface area contributed by atoms with Crippen LogP contribution in [0.2, 0.25) is 0 Å². The minimum atomic E-state index is -1.91. The fraction of sp³-hybridized carbons (Fsp3) is 0.286. The van der Waals surface area contributed by atoms with Gasteiger partial charge < -0.3 is 4.55 Å². The third-order valence-electron chi connectivity index (χ3n) is 3.65. The Labute approximate surface area is 131 Å². The molecule has 4 heteroatoms. The standard InChI is InChI=1S/C14H14O2S.Na.H/c15-17(16)14-9-3-7-12-11(10-4-1-5-10)6-2-8-13(12)14;;/h2-3,6-10H,1,4-5H2,(H,15,16);;. The zero-order valence-corrected chi connectivity index (χ0v) is 10.2. The fourth-order valence-corrected chi connectivity index (χ4v) is 3.09. The van der Waals surface area contributed by atoms with E-state index < -0.39 is 11.1 Å². The van der Waals surface area contributed by atoms with Crippen molar-refractivity contribution >= 4 is 51.4 Å². The Kier molecular flexibility index (Phi) is 4.62. The van der Waals surface area contributed by atoms with Crippen LogP contribution in [-0.2, 0) is 11.1 Å². The van der Waals surface area contributed by atoms with E-state index in [-0.39, 0.29) is 29.6 Å². The van der Waals surface area contributed by atoms with Crippen molar-refractivity contribution in [2.45, 2.75) is 30.1 Å². The molecule has 1 N–H and O–H groups in total. The number of rotatable bonds is 2. The van der Waals surface area contributed by atoms with Crippen LogP contribution in [0.4, 0.5) is 0 Å². The minimum absolute atomic E-state index is 0. The van der Waals surface area contributed by atoms with E-state index in [1.54, 1.807) is 6.07 Å². The molecule has 0 saturated heterocycles. The first-order valence-electron chi connectivity index (χ1n) is 5.90. The van der Waals surface area contributed by atoms with Crippen molar-refractivity contribution in [3.05, 3.63) is 42.0 Å². The van der Waals surface area contributed by atoms with Crippen LogP contribution >= 0.6 is 0 Å². The summed E-state index contributed by atoms with van der Waals surface area (Å²) in [5.41, 5.74) is 1.33. The van der Waals surface area contributed by atoms with E-state index in [4.69, 9.17) is 0 Å². The van der Waals surface area contributed by atoms with E-state index in [1.807, 2.05) is 18.2 Å². The summed E-state index contributed by atoms with van der Waals surface area (Å²) in [4.78, 5) is 0.517. The molecule has 90 valence electrons. The first-order chi connectivity index (χ1) is 8.27. The first-order valence-corrected chi connectivity index (χ1v) is 7.00. The topological polar surface area (TPSA) is 37.3 Å². The van der Waals surface area contributed by atoms with Crippen molar-refractivity contribution in [1.29, 1.82) is 0 Å². The van der Waals surface area contributed by atoms with Crippen LogP contribution in [0.15, 0.2) is 41.3 Å². The Balaban J connectivity index is 0.00000120. The molecule has 1 saturated carbocycles. The molecule has 1 aliphatic rings. The van der Waals surface area contributed by atoms with Crippen molar-refractivity contribution in [3.63, 3.8) is 0 Å². The third-order valence-corrected chi connectivity index (χ3v) is 4.38. The summed E-state index contributed by atoms with van der Waals surface area (Å²) in [5.74, 6) is 0.640. The second-order valence-corrected chi connectivity index (χ2v) is 5.51. The Bertz CT molecular complexity index is 593.